The van der Waals surface area contributed by atoms with Gasteiger partial charge in [0, 0.05) is 21.7 Å². The zero-order valence-electron chi connectivity index (χ0n) is 11.4. The van der Waals surface area contributed by atoms with E-state index in [9.17, 15) is 4.39 Å². The summed E-state index contributed by atoms with van der Waals surface area (Å²) in [5.74, 6) is 0.0477. The Morgan fingerprint density at radius 2 is 1.90 bits per heavy atom. The summed E-state index contributed by atoms with van der Waals surface area (Å²) in [6, 6.07) is 4.84. The summed E-state index contributed by atoms with van der Waals surface area (Å²) in [5, 5.41) is 0.181. The number of halogens is 3. The topological polar surface area (TPSA) is 9.23 Å². The van der Waals surface area contributed by atoms with Crippen LogP contribution in [0, 0.1) is 11.2 Å². The van der Waals surface area contributed by atoms with Gasteiger partial charge in [-0.3, -0.25) is 0 Å². The highest BCUT2D eigenvalue weighted by Crippen LogP contribution is 2.55. The van der Waals surface area contributed by atoms with Crippen molar-refractivity contribution in [3.05, 3.63) is 28.5 Å². The first-order valence-corrected chi connectivity index (χ1v) is 8.60. The van der Waals surface area contributed by atoms with Gasteiger partial charge in [0.2, 0.25) is 0 Å². The van der Waals surface area contributed by atoms with E-state index in [1.807, 2.05) is 0 Å². The summed E-state index contributed by atoms with van der Waals surface area (Å²) in [6.45, 7) is 0. The zero-order chi connectivity index (χ0) is 14.2. The van der Waals surface area contributed by atoms with Gasteiger partial charge in [0.15, 0.2) is 11.6 Å². The second-order valence-corrected chi connectivity index (χ2v) is 7.47. The number of hydrogen-bond donors (Lipinski definition) is 0. The van der Waals surface area contributed by atoms with Crippen molar-refractivity contribution < 1.29 is 9.13 Å². The van der Waals surface area contributed by atoms with Gasteiger partial charge in [-0.2, -0.15) is 0 Å². The molecule has 0 heterocycles. The molecule has 2 unspecified atom stereocenters. The third-order valence-electron chi connectivity index (χ3n) is 4.88. The van der Waals surface area contributed by atoms with Crippen molar-refractivity contribution in [1.29, 1.82) is 0 Å². The Kier molecular flexibility index (Phi) is 4.28. The fraction of sp³-hybridized carbons (Fsp3) is 0.625. The number of ether oxygens (including phenoxy) is 1. The van der Waals surface area contributed by atoms with Crippen LogP contribution in [-0.4, -0.2) is 11.5 Å². The molecule has 2 aliphatic rings. The van der Waals surface area contributed by atoms with Gasteiger partial charge in [-0.25, -0.2) is 4.39 Å². The zero-order valence-corrected chi connectivity index (χ0v) is 13.7. The van der Waals surface area contributed by atoms with Crippen LogP contribution in [0.1, 0.15) is 44.9 Å². The molecule has 20 heavy (non-hydrogen) atoms. The minimum atomic E-state index is -0.296. The van der Waals surface area contributed by atoms with Gasteiger partial charge in [0.1, 0.15) is 6.10 Å². The maximum atomic E-state index is 13.8. The Hall–Kier alpha value is -0.280. The molecule has 0 radical (unpaired) electrons. The summed E-state index contributed by atoms with van der Waals surface area (Å²) in [4.78, 5) is 0. The van der Waals surface area contributed by atoms with Gasteiger partial charge in [0.05, 0.1) is 0 Å². The van der Waals surface area contributed by atoms with E-state index >= 15 is 0 Å². The minimum Gasteiger partial charge on any atom is -0.487 e. The van der Waals surface area contributed by atoms with E-state index in [2.05, 4.69) is 15.9 Å². The molecule has 0 aromatic heterocycles. The van der Waals surface area contributed by atoms with Gasteiger partial charge >= 0.3 is 0 Å². The largest absolute Gasteiger partial charge is 0.487 e. The second-order valence-electron chi connectivity index (χ2n) is 6.03. The van der Waals surface area contributed by atoms with Crippen LogP contribution in [0.3, 0.4) is 0 Å². The average molecular weight is 362 g/mol. The molecule has 0 saturated heterocycles. The highest BCUT2D eigenvalue weighted by Gasteiger charge is 2.55. The molecule has 1 aromatic carbocycles. The molecule has 110 valence electrons. The number of benzene rings is 1. The van der Waals surface area contributed by atoms with Gasteiger partial charge < -0.3 is 4.74 Å². The van der Waals surface area contributed by atoms with E-state index in [1.165, 1.54) is 31.7 Å². The molecule has 0 amide bonds. The molecule has 3 rings (SSSR count). The molecular formula is C16H19BrClFO. The molecule has 2 atom stereocenters. The Labute approximate surface area is 133 Å². The maximum Gasteiger partial charge on any atom is 0.165 e. The summed E-state index contributed by atoms with van der Waals surface area (Å²) in [5.41, 5.74) is 0.0623. The highest BCUT2D eigenvalue weighted by molar-refractivity contribution is 9.10. The third kappa shape index (κ3) is 2.59. The average Bonchev–Trinajstić information content (AvgIpc) is 2.70. The summed E-state index contributed by atoms with van der Waals surface area (Å²) >= 11 is 9.87. The smallest absolute Gasteiger partial charge is 0.165 e. The first-order chi connectivity index (χ1) is 9.62. The van der Waals surface area contributed by atoms with Crippen LogP contribution >= 0.6 is 27.5 Å². The number of alkyl halides is 1. The maximum absolute atomic E-state index is 13.8. The standard InChI is InChI=1S/C16H19BrClFO/c17-11-5-6-12(19)13(9-11)20-15-10-14(18)16(15)7-3-1-2-4-8-16/h5-6,9,14-15H,1-4,7-8,10H2. The van der Waals surface area contributed by atoms with Crippen molar-refractivity contribution in [3.8, 4) is 5.75 Å². The quantitative estimate of drug-likeness (QED) is 0.615. The molecule has 0 bridgehead atoms. The second kappa shape index (κ2) is 5.84. The van der Waals surface area contributed by atoms with Crippen LogP contribution in [0.15, 0.2) is 22.7 Å². The lowest BCUT2D eigenvalue weighted by molar-refractivity contribution is -0.0530. The summed E-state index contributed by atoms with van der Waals surface area (Å²) < 4.78 is 20.7. The molecule has 0 N–H and O–H groups in total. The SMILES string of the molecule is Fc1ccc(Br)cc1OC1CC(Cl)C12CCCCCC2. The highest BCUT2D eigenvalue weighted by atomic mass is 79.9. The molecule has 1 aromatic rings. The molecule has 1 nitrogen and oxygen atoms in total. The molecule has 0 aliphatic heterocycles. The molecule has 2 aliphatic carbocycles. The molecule has 2 saturated carbocycles. The molecule has 1 spiro atoms. The number of hydrogen-bond acceptors (Lipinski definition) is 1. The van der Waals surface area contributed by atoms with E-state index in [-0.39, 0.29) is 22.7 Å². The Bertz CT molecular complexity index is 485. The fourth-order valence-corrected chi connectivity index (χ4v) is 4.47. The minimum absolute atomic E-state index is 0.0619. The van der Waals surface area contributed by atoms with E-state index < -0.39 is 0 Å². The molecule has 4 heteroatoms. The van der Waals surface area contributed by atoms with Gasteiger partial charge in [-0.05, 0) is 31.0 Å². The predicted molar refractivity (Wildman–Crippen MR) is 82.9 cm³/mol. The van der Waals surface area contributed by atoms with Crippen molar-refractivity contribution in [3.63, 3.8) is 0 Å². The van der Waals surface area contributed by atoms with Crippen LogP contribution in [0.4, 0.5) is 4.39 Å². The Morgan fingerprint density at radius 1 is 1.20 bits per heavy atom. The monoisotopic (exact) mass is 360 g/mol. The number of rotatable bonds is 2. The van der Waals surface area contributed by atoms with Crippen molar-refractivity contribution in [2.24, 2.45) is 5.41 Å². The lowest BCUT2D eigenvalue weighted by atomic mass is 9.61. The Balaban J connectivity index is 1.78. The molecular weight excluding hydrogens is 343 g/mol. The van der Waals surface area contributed by atoms with Gasteiger partial charge in [0.25, 0.3) is 0 Å². The van der Waals surface area contributed by atoms with Crippen molar-refractivity contribution in [2.75, 3.05) is 0 Å². The first kappa shape index (κ1) is 14.6. The van der Waals surface area contributed by atoms with E-state index in [1.54, 1.807) is 12.1 Å². The molecule has 2 fully saturated rings. The van der Waals surface area contributed by atoms with Crippen molar-refractivity contribution in [2.45, 2.75) is 56.4 Å². The third-order valence-corrected chi connectivity index (χ3v) is 5.99. The summed E-state index contributed by atoms with van der Waals surface area (Å²) in [6.07, 6.45) is 8.10. The Morgan fingerprint density at radius 3 is 2.55 bits per heavy atom. The predicted octanol–water partition coefficient (Wildman–Crippen LogP) is 5.69. The first-order valence-electron chi connectivity index (χ1n) is 7.37. The summed E-state index contributed by atoms with van der Waals surface area (Å²) in [7, 11) is 0. The van der Waals surface area contributed by atoms with E-state index in [0.717, 1.165) is 23.7 Å². The van der Waals surface area contributed by atoms with Gasteiger partial charge in [-0.15, -0.1) is 11.6 Å². The van der Waals surface area contributed by atoms with E-state index in [0.29, 0.717) is 5.75 Å². The van der Waals surface area contributed by atoms with Crippen LogP contribution in [0.25, 0.3) is 0 Å². The van der Waals surface area contributed by atoms with Crippen molar-refractivity contribution >= 4 is 27.5 Å². The van der Waals surface area contributed by atoms with Crippen molar-refractivity contribution in [1.82, 2.24) is 0 Å². The van der Waals surface area contributed by atoms with Crippen LogP contribution in [0.2, 0.25) is 0 Å². The lowest BCUT2D eigenvalue weighted by Gasteiger charge is -2.53. The van der Waals surface area contributed by atoms with Gasteiger partial charge in [-0.1, -0.05) is 41.6 Å². The van der Waals surface area contributed by atoms with Crippen LogP contribution in [-0.2, 0) is 0 Å². The lowest BCUT2D eigenvalue weighted by Crippen LogP contribution is -2.57. The fourth-order valence-electron chi connectivity index (χ4n) is 3.61. The van der Waals surface area contributed by atoms with Crippen LogP contribution in [0.5, 0.6) is 5.75 Å². The normalized spacial score (nSPS) is 28.8. The van der Waals surface area contributed by atoms with E-state index in [4.69, 9.17) is 16.3 Å². The van der Waals surface area contributed by atoms with Crippen LogP contribution < -0.4 is 4.74 Å².